The van der Waals surface area contributed by atoms with E-state index in [0.717, 1.165) is 89.9 Å². The molecule has 0 saturated heterocycles. The van der Waals surface area contributed by atoms with Gasteiger partial charge in [0.25, 0.3) is 7.82 Å². The number of phosphoric ester groups is 1. The molecule has 10 heteroatoms. The molecule has 0 aliphatic rings. The number of nitrogens with one attached hydrogen (secondary N) is 1. The van der Waals surface area contributed by atoms with Crippen LogP contribution in [-0.4, -0.2) is 79.8 Å². The molecular weight excluding hydrogens is 880 g/mol. The molecule has 4 unspecified atom stereocenters. The molecule has 0 aromatic rings. The predicted molar refractivity (Wildman–Crippen MR) is 294 cm³/mol. The summed E-state index contributed by atoms with van der Waals surface area (Å²) in [4.78, 5) is 25.5. The zero-order chi connectivity index (χ0) is 50.8. The number of carbonyl (C=O) groups excluding carboxylic acids is 1. The minimum absolute atomic E-state index is 0.0550. The highest BCUT2D eigenvalue weighted by Gasteiger charge is 2.29. The summed E-state index contributed by atoms with van der Waals surface area (Å²) in [7, 11) is 1.08. The fourth-order valence-corrected chi connectivity index (χ4v) is 8.08. The van der Waals surface area contributed by atoms with Crippen LogP contribution in [0.2, 0.25) is 0 Å². The van der Waals surface area contributed by atoms with Gasteiger partial charge in [-0.15, -0.1) is 0 Å². The van der Waals surface area contributed by atoms with Gasteiger partial charge in [-0.05, 0) is 110 Å². The van der Waals surface area contributed by atoms with Gasteiger partial charge in [-0.1, -0.05) is 193 Å². The number of hydrogen-bond acceptors (Lipinski definition) is 7. The van der Waals surface area contributed by atoms with Crippen LogP contribution in [0.15, 0.2) is 109 Å². The van der Waals surface area contributed by atoms with Crippen molar-refractivity contribution in [3.05, 3.63) is 109 Å². The van der Waals surface area contributed by atoms with E-state index in [0.29, 0.717) is 30.3 Å². The zero-order valence-corrected chi connectivity index (χ0v) is 45.5. The Morgan fingerprint density at radius 3 is 1.41 bits per heavy atom. The van der Waals surface area contributed by atoms with Gasteiger partial charge < -0.3 is 34.0 Å². The number of phosphoric acid groups is 1. The van der Waals surface area contributed by atoms with Gasteiger partial charge >= 0.3 is 0 Å². The van der Waals surface area contributed by atoms with Crippen LogP contribution < -0.4 is 10.2 Å². The Hall–Kier alpha value is -2.88. The van der Waals surface area contributed by atoms with E-state index < -0.39 is 32.7 Å². The second-order valence-corrected chi connectivity index (χ2v) is 20.7. The van der Waals surface area contributed by atoms with Gasteiger partial charge in [-0.3, -0.25) is 9.36 Å². The summed E-state index contributed by atoms with van der Waals surface area (Å²) in [5.41, 5.74) is 0. The standard InChI is InChI=1S/C59H103N2O7P/c1-6-8-10-12-14-16-18-20-21-22-23-24-25-26-27-28-29-30-31-32-33-34-35-36-37-38-39-40-42-44-46-48-50-52-58(63)60-56(55-68-69(65,66)67-54-53-61(3,4)5)59(64)57(62)51-49-47-45-43-41-19-17-15-13-11-9-7-2/h7-10,14-17,20-21,23-24,26-27,29-30,43,45,56-57,59,62,64H,6,11-13,18-19,22,25,28,31-42,44,46-55H2,1-5H3,(H-,60,63,65,66)/b9-7+,10-8-,16-14-,17-15+,21-20-,24-23-,27-26-,30-29-,45-43+. The van der Waals surface area contributed by atoms with Gasteiger partial charge in [0.2, 0.25) is 5.91 Å². The Kier molecular flexibility index (Phi) is 46.7. The number of hydrogen-bond donors (Lipinski definition) is 3. The van der Waals surface area contributed by atoms with Crippen molar-refractivity contribution in [2.75, 3.05) is 40.9 Å². The number of nitrogens with zero attached hydrogens (tertiary/aromatic N) is 1. The molecule has 3 N–H and O–H groups in total. The molecule has 0 bridgehead atoms. The lowest BCUT2D eigenvalue weighted by Crippen LogP contribution is -2.51. The molecule has 4 atom stereocenters. The van der Waals surface area contributed by atoms with Crippen molar-refractivity contribution < 1.29 is 38.0 Å². The van der Waals surface area contributed by atoms with E-state index in [2.05, 4.69) is 122 Å². The molecule has 0 spiro atoms. The van der Waals surface area contributed by atoms with E-state index in [1.54, 1.807) is 0 Å². The summed E-state index contributed by atoms with van der Waals surface area (Å²) in [5, 5.41) is 24.6. The summed E-state index contributed by atoms with van der Waals surface area (Å²) < 4.78 is 23.2. The van der Waals surface area contributed by atoms with Crippen LogP contribution in [0.3, 0.4) is 0 Å². The van der Waals surface area contributed by atoms with Crippen LogP contribution >= 0.6 is 7.82 Å². The highest BCUT2D eigenvalue weighted by atomic mass is 31.2. The maximum absolute atomic E-state index is 13.0. The maximum atomic E-state index is 13.0. The first-order chi connectivity index (χ1) is 33.4. The fourth-order valence-electron chi connectivity index (χ4n) is 7.36. The molecule has 0 aliphatic heterocycles. The summed E-state index contributed by atoms with van der Waals surface area (Å²) in [6.07, 6.45) is 67.4. The number of allylic oxidation sites excluding steroid dienone is 18. The number of unbranched alkanes of at least 4 members (excludes halogenated alkanes) is 17. The summed E-state index contributed by atoms with van der Waals surface area (Å²) in [6, 6.07) is -1.11. The lowest BCUT2D eigenvalue weighted by atomic mass is 10.0. The maximum Gasteiger partial charge on any atom is 0.268 e. The van der Waals surface area contributed by atoms with Crippen LogP contribution in [0.4, 0.5) is 0 Å². The number of aliphatic hydroxyl groups is 2. The van der Waals surface area contributed by atoms with Gasteiger partial charge in [0.15, 0.2) is 0 Å². The third-order valence-electron chi connectivity index (χ3n) is 11.6. The highest BCUT2D eigenvalue weighted by Crippen LogP contribution is 2.38. The molecule has 0 radical (unpaired) electrons. The summed E-state index contributed by atoms with van der Waals surface area (Å²) in [6.45, 7) is 4.06. The molecule has 0 fully saturated rings. The minimum atomic E-state index is -4.69. The molecule has 9 nitrogen and oxygen atoms in total. The number of rotatable bonds is 48. The molecule has 0 heterocycles. The van der Waals surface area contributed by atoms with Gasteiger partial charge in [0.1, 0.15) is 19.3 Å². The lowest BCUT2D eigenvalue weighted by Gasteiger charge is -2.31. The minimum Gasteiger partial charge on any atom is -0.756 e. The molecule has 0 saturated carbocycles. The first-order valence-corrected chi connectivity index (χ1v) is 28.7. The SMILES string of the molecule is C/C=C/CC/C=C/CC/C=C/CCCC(O)C(O)C(COP(=O)([O-])OCC[N+](C)(C)C)NC(=O)CCCCCCCCCCCCCCCC/C=C\C/C=C\C/C=C\C/C=C\C/C=C\C/C=C\CC. The second-order valence-electron chi connectivity index (χ2n) is 19.3. The normalized spacial score (nSPS) is 15.3. The molecule has 69 heavy (non-hydrogen) atoms. The van der Waals surface area contributed by atoms with Crippen molar-refractivity contribution in [2.45, 2.75) is 218 Å². The summed E-state index contributed by atoms with van der Waals surface area (Å²) >= 11 is 0. The average Bonchev–Trinajstić information content (AvgIpc) is 3.31. The largest absolute Gasteiger partial charge is 0.756 e. The van der Waals surface area contributed by atoms with E-state index in [1.807, 2.05) is 28.1 Å². The van der Waals surface area contributed by atoms with E-state index in [4.69, 9.17) is 9.05 Å². The number of likely N-dealkylation sites (N-methyl/N-ethyl adjacent to an activating group) is 1. The van der Waals surface area contributed by atoms with Crippen molar-refractivity contribution in [3.8, 4) is 0 Å². The Balaban J connectivity index is 4.19. The van der Waals surface area contributed by atoms with Crippen LogP contribution in [0.5, 0.6) is 0 Å². The molecule has 0 aromatic carbocycles. The molecule has 396 valence electrons. The van der Waals surface area contributed by atoms with Crippen LogP contribution in [-0.2, 0) is 18.4 Å². The fraction of sp³-hybridized carbons (Fsp3) is 0.678. The molecule has 1 amide bonds. The van der Waals surface area contributed by atoms with Gasteiger partial charge in [-0.25, -0.2) is 0 Å². The van der Waals surface area contributed by atoms with Crippen molar-refractivity contribution in [2.24, 2.45) is 0 Å². The number of amides is 1. The van der Waals surface area contributed by atoms with E-state index in [-0.39, 0.29) is 18.9 Å². The molecular formula is C59H103N2O7P. The topological polar surface area (TPSA) is 128 Å². The molecule has 0 aliphatic carbocycles. The van der Waals surface area contributed by atoms with E-state index >= 15 is 0 Å². The Morgan fingerprint density at radius 2 is 0.942 bits per heavy atom. The second kappa shape index (κ2) is 48.7. The zero-order valence-electron chi connectivity index (χ0n) is 44.6. The van der Waals surface area contributed by atoms with Crippen LogP contribution in [0.25, 0.3) is 0 Å². The van der Waals surface area contributed by atoms with E-state index in [9.17, 15) is 24.5 Å². The smallest absolute Gasteiger partial charge is 0.268 e. The van der Waals surface area contributed by atoms with Crippen LogP contribution in [0.1, 0.15) is 200 Å². The van der Waals surface area contributed by atoms with Crippen molar-refractivity contribution in [3.63, 3.8) is 0 Å². The average molecular weight is 983 g/mol. The third-order valence-corrected chi connectivity index (χ3v) is 12.6. The van der Waals surface area contributed by atoms with Gasteiger partial charge in [-0.2, -0.15) is 0 Å². The molecule has 0 rings (SSSR count). The van der Waals surface area contributed by atoms with Crippen molar-refractivity contribution >= 4 is 13.7 Å². The third kappa shape index (κ3) is 49.9. The lowest BCUT2D eigenvalue weighted by molar-refractivity contribution is -0.870. The first-order valence-electron chi connectivity index (χ1n) is 27.3. The Morgan fingerprint density at radius 1 is 0.551 bits per heavy atom. The first kappa shape index (κ1) is 66.1. The van der Waals surface area contributed by atoms with Crippen LogP contribution in [0, 0.1) is 0 Å². The number of carbonyl (C=O) groups is 1. The van der Waals surface area contributed by atoms with Crippen molar-refractivity contribution in [1.82, 2.24) is 5.32 Å². The predicted octanol–water partition coefficient (Wildman–Crippen LogP) is 14.8. The highest BCUT2D eigenvalue weighted by molar-refractivity contribution is 7.45. The number of quaternary nitrogens is 1. The Labute approximate surface area is 424 Å². The van der Waals surface area contributed by atoms with Gasteiger partial charge in [0.05, 0.1) is 39.9 Å². The van der Waals surface area contributed by atoms with Crippen molar-refractivity contribution in [1.29, 1.82) is 0 Å². The quantitative estimate of drug-likeness (QED) is 0.0240. The van der Waals surface area contributed by atoms with E-state index in [1.165, 1.54) is 70.6 Å². The van der Waals surface area contributed by atoms with Gasteiger partial charge in [0, 0.05) is 6.42 Å². The Bertz CT molecular complexity index is 1510. The number of aliphatic hydroxyl groups excluding tert-OH is 2. The monoisotopic (exact) mass is 983 g/mol. The summed E-state index contributed by atoms with van der Waals surface area (Å²) in [5.74, 6) is -0.301. The molecule has 0 aromatic heterocycles.